The van der Waals surface area contributed by atoms with E-state index in [4.69, 9.17) is 10.5 Å². The zero-order chi connectivity index (χ0) is 11.8. The Labute approximate surface area is 104 Å². The van der Waals surface area contributed by atoms with Crippen molar-refractivity contribution >= 4 is 17.0 Å². The highest BCUT2D eigenvalue weighted by Gasteiger charge is 2.15. The number of hydrogen-bond acceptors (Lipinski definition) is 4. The molecule has 3 rings (SSSR count). The number of rotatable bonds is 1. The molecule has 0 aliphatic carbocycles. The smallest absolute Gasteiger partial charge is 0.150 e. The lowest BCUT2D eigenvalue weighted by atomic mass is 10.1. The third-order valence-corrected chi connectivity index (χ3v) is 3.43. The maximum Gasteiger partial charge on any atom is 0.150 e. The van der Waals surface area contributed by atoms with E-state index in [1.54, 1.807) is 11.3 Å². The van der Waals surface area contributed by atoms with Crippen LogP contribution >= 0.6 is 11.3 Å². The molecule has 3 N–H and O–H groups in total. The summed E-state index contributed by atoms with van der Waals surface area (Å²) in [5.41, 5.74) is 9.09. The van der Waals surface area contributed by atoms with Crippen LogP contribution in [0, 0.1) is 0 Å². The summed E-state index contributed by atoms with van der Waals surface area (Å²) >= 11 is 1.69. The monoisotopic (exact) mass is 244 g/mol. The topological polar surface area (TPSA) is 47.3 Å². The summed E-state index contributed by atoms with van der Waals surface area (Å²) in [7, 11) is 0. The van der Waals surface area contributed by atoms with Crippen molar-refractivity contribution in [2.24, 2.45) is 5.73 Å². The van der Waals surface area contributed by atoms with Crippen molar-refractivity contribution in [3.8, 4) is 16.9 Å². The van der Waals surface area contributed by atoms with Crippen LogP contribution in [0.5, 0.6) is 5.75 Å². The van der Waals surface area contributed by atoms with Gasteiger partial charge in [-0.1, -0.05) is 6.07 Å². The molecule has 0 saturated heterocycles. The summed E-state index contributed by atoms with van der Waals surface area (Å²) in [5.74, 6) is 2.09. The summed E-state index contributed by atoms with van der Waals surface area (Å²) in [6.45, 7) is 1.85. The molecular weight excluding hydrogens is 232 g/mol. The van der Waals surface area contributed by atoms with Gasteiger partial charge in [0.1, 0.15) is 11.6 Å². The van der Waals surface area contributed by atoms with Gasteiger partial charge in [-0.15, -0.1) is 0 Å². The Hall–Kier alpha value is -1.94. The zero-order valence-electron chi connectivity index (χ0n) is 9.36. The third-order valence-electron chi connectivity index (χ3n) is 2.75. The van der Waals surface area contributed by atoms with Crippen LogP contribution in [0.2, 0.25) is 0 Å². The number of fused-ring (bicyclic) bond motifs is 1. The van der Waals surface area contributed by atoms with Gasteiger partial charge in [0.05, 0.1) is 5.69 Å². The summed E-state index contributed by atoms with van der Waals surface area (Å²) in [5, 5.41) is 7.34. The standard InChI is InChI=1S/C13H12N2OS/c1-8-13(14)15-11-6-9(2-3-12(11)16-8)10-4-5-17-7-10/h2-7,15H,14H2,1H3. The largest absolute Gasteiger partial charge is 0.456 e. The number of thiophene rings is 1. The maximum atomic E-state index is 5.81. The molecule has 0 bridgehead atoms. The second-order valence-electron chi connectivity index (χ2n) is 3.92. The molecular formula is C13H12N2OS. The van der Waals surface area contributed by atoms with Gasteiger partial charge in [-0.3, -0.25) is 0 Å². The first-order valence-electron chi connectivity index (χ1n) is 5.32. The molecule has 2 aromatic rings. The molecule has 3 nitrogen and oxygen atoms in total. The van der Waals surface area contributed by atoms with Crippen molar-refractivity contribution in [2.75, 3.05) is 5.32 Å². The normalized spacial score (nSPS) is 13.9. The molecule has 0 fully saturated rings. The molecule has 0 spiro atoms. The first kappa shape index (κ1) is 10.2. The second kappa shape index (κ2) is 3.82. The highest BCUT2D eigenvalue weighted by Crippen LogP contribution is 2.35. The highest BCUT2D eigenvalue weighted by molar-refractivity contribution is 7.08. The number of nitrogens with one attached hydrogen (secondary N) is 1. The van der Waals surface area contributed by atoms with Gasteiger partial charge in [0, 0.05) is 0 Å². The first-order chi connectivity index (χ1) is 8.24. The van der Waals surface area contributed by atoms with Crippen LogP contribution < -0.4 is 15.8 Å². The van der Waals surface area contributed by atoms with E-state index in [-0.39, 0.29) is 0 Å². The summed E-state index contributed by atoms with van der Waals surface area (Å²) in [4.78, 5) is 0. The Morgan fingerprint density at radius 3 is 2.88 bits per heavy atom. The lowest BCUT2D eigenvalue weighted by Crippen LogP contribution is -2.18. The van der Waals surface area contributed by atoms with Crippen LogP contribution in [0.25, 0.3) is 11.1 Å². The van der Waals surface area contributed by atoms with E-state index in [2.05, 4.69) is 34.3 Å². The van der Waals surface area contributed by atoms with E-state index < -0.39 is 0 Å². The van der Waals surface area contributed by atoms with Gasteiger partial charge in [-0.25, -0.2) is 0 Å². The maximum absolute atomic E-state index is 5.81. The van der Waals surface area contributed by atoms with E-state index in [1.165, 1.54) is 5.56 Å². The van der Waals surface area contributed by atoms with E-state index in [9.17, 15) is 0 Å². The molecule has 86 valence electrons. The number of nitrogens with two attached hydrogens (primary N) is 1. The van der Waals surface area contributed by atoms with Crippen molar-refractivity contribution in [1.82, 2.24) is 0 Å². The summed E-state index contributed by atoms with van der Waals surface area (Å²) in [6, 6.07) is 8.17. The van der Waals surface area contributed by atoms with Crippen molar-refractivity contribution in [3.05, 3.63) is 46.6 Å². The number of hydrogen-bond donors (Lipinski definition) is 2. The Morgan fingerprint density at radius 2 is 2.12 bits per heavy atom. The molecule has 1 aliphatic rings. The number of benzene rings is 1. The minimum absolute atomic E-state index is 0.569. The van der Waals surface area contributed by atoms with Gasteiger partial charge in [-0.05, 0) is 47.0 Å². The van der Waals surface area contributed by atoms with Gasteiger partial charge >= 0.3 is 0 Å². The van der Waals surface area contributed by atoms with Gasteiger partial charge in [-0.2, -0.15) is 11.3 Å². The number of anilines is 1. The van der Waals surface area contributed by atoms with Crippen LogP contribution in [-0.4, -0.2) is 0 Å². The molecule has 0 saturated carbocycles. The van der Waals surface area contributed by atoms with Crippen molar-refractivity contribution < 1.29 is 4.74 Å². The van der Waals surface area contributed by atoms with E-state index in [0.29, 0.717) is 11.6 Å². The Kier molecular flexibility index (Phi) is 2.30. The number of allylic oxidation sites excluding steroid dienone is 1. The Bertz CT molecular complexity index is 587. The predicted octanol–water partition coefficient (Wildman–Crippen LogP) is 3.37. The Morgan fingerprint density at radius 1 is 1.24 bits per heavy atom. The van der Waals surface area contributed by atoms with Crippen LogP contribution in [0.3, 0.4) is 0 Å². The molecule has 1 aromatic heterocycles. The summed E-state index contributed by atoms with van der Waals surface area (Å²) in [6.07, 6.45) is 0. The molecule has 4 heteroatoms. The fourth-order valence-electron chi connectivity index (χ4n) is 1.78. The predicted molar refractivity (Wildman–Crippen MR) is 70.9 cm³/mol. The fourth-order valence-corrected chi connectivity index (χ4v) is 2.44. The quantitative estimate of drug-likeness (QED) is 0.808. The van der Waals surface area contributed by atoms with Crippen molar-refractivity contribution in [2.45, 2.75) is 6.92 Å². The van der Waals surface area contributed by atoms with Crippen molar-refractivity contribution in [1.29, 1.82) is 0 Å². The van der Waals surface area contributed by atoms with Crippen molar-refractivity contribution in [3.63, 3.8) is 0 Å². The highest BCUT2D eigenvalue weighted by atomic mass is 32.1. The minimum atomic E-state index is 0.569. The van der Waals surface area contributed by atoms with Gasteiger partial charge in [0.15, 0.2) is 5.75 Å². The Balaban J connectivity index is 2.03. The van der Waals surface area contributed by atoms with Gasteiger partial charge in [0.25, 0.3) is 0 Å². The lowest BCUT2D eigenvalue weighted by Gasteiger charge is -2.21. The lowest BCUT2D eigenvalue weighted by molar-refractivity contribution is 0.415. The number of ether oxygens (including phenoxy) is 1. The van der Waals surface area contributed by atoms with Crippen LogP contribution in [0.15, 0.2) is 46.6 Å². The van der Waals surface area contributed by atoms with Crippen LogP contribution in [0.4, 0.5) is 5.69 Å². The minimum Gasteiger partial charge on any atom is -0.456 e. The fraction of sp³-hybridized carbons (Fsp3) is 0.0769. The molecule has 0 amide bonds. The third kappa shape index (κ3) is 1.76. The molecule has 2 heterocycles. The average Bonchev–Trinajstić information content (AvgIpc) is 2.83. The molecule has 0 atom stereocenters. The molecule has 0 radical (unpaired) electrons. The van der Waals surface area contributed by atoms with Gasteiger partial charge < -0.3 is 15.8 Å². The van der Waals surface area contributed by atoms with Crippen LogP contribution in [0.1, 0.15) is 6.92 Å². The second-order valence-corrected chi connectivity index (χ2v) is 4.70. The molecule has 1 aromatic carbocycles. The van der Waals surface area contributed by atoms with E-state index in [0.717, 1.165) is 17.0 Å². The molecule has 17 heavy (non-hydrogen) atoms. The van der Waals surface area contributed by atoms with Crippen LogP contribution in [-0.2, 0) is 0 Å². The van der Waals surface area contributed by atoms with Gasteiger partial charge in [0.2, 0.25) is 0 Å². The zero-order valence-corrected chi connectivity index (χ0v) is 10.2. The first-order valence-corrected chi connectivity index (χ1v) is 6.26. The summed E-state index contributed by atoms with van der Waals surface area (Å²) < 4.78 is 5.61. The van der Waals surface area contributed by atoms with E-state index in [1.807, 2.05) is 13.0 Å². The molecule has 0 unspecified atom stereocenters. The average molecular weight is 244 g/mol. The van der Waals surface area contributed by atoms with E-state index >= 15 is 0 Å². The SMILES string of the molecule is CC1=C(N)Nc2cc(-c3ccsc3)ccc2O1. The molecule has 1 aliphatic heterocycles.